The van der Waals surface area contributed by atoms with Gasteiger partial charge in [-0.1, -0.05) is 70.6 Å². The molecule has 8 nitrogen and oxygen atoms in total. The van der Waals surface area contributed by atoms with E-state index in [0.717, 1.165) is 95.5 Å². The predicted molar refractivity (Wildman–Crippen MR) is 177 cm³/mol. The van der Waals surface area contributed by atoms with E-state index < -0.39 is 12.2 Å². The number of unbranched alkanes of at least 4 members (excludes halogenated alkanes) is 10. The van der Waals surface area contributed by atoms with Gasteiger partial charge in [0.15, 0.2) is 0 Å². The van der Waals surface area contributed by atoms with E-state index in [9.17, 15) is 25.2 Å². The monoisotopic (exact) mass is 638 g/mol. The van der Waals surface area contributed by atoms with Crippen LogP contribution in [0.2, 0.25) is 0 Å². The van der Waals surface area contributed by atoms with Crippen LogP contribution >= 0.6 is 0 Å². The second-order valence-corrected chi connectivity index (χ2v) is 14.3. The Morgan fingerprint density at radius 3 is 1.64 bits per heavy atom. The molecule has 2 fully saturated rings. The first-order valence-corrected chi connectivity index (χ1v) is 18.7. The number of aliphatic hydroxyl groups excluding tert-OH is 4. The Hall–Kier alpha value is -1.03. The van der Waals surface area contributed by atoms with Gasteiger partial charge in [-0.2, -0.15) is 0 Å². The van der Waals surface area contributed by atoms with Crippen molar-refractivity contribution < 1.29 is 39.4 Å². The van der Waals surface area contributed by atoms with Gasteiger partial charge in [0, 0.05) is 5.57 Å². The highest BCUT2D eigenvalue weighted by molar-refractivity contribution is 5.90. The van der Waals surface area contributed by atoms with Gasteiger partial charge in [-0.15, -0.1) is 0 Å². The molecule has 45 heavy (non-hydrogen) atoms. The minimum absolute atomic E-state index is 0.00492. The van der Waals surface area contributed by atoms with E-state index in [0.29, 0.717) is 12.8 Å². The number of hydrogen-bond donors (Lipinski definition) is 4. The molecule has 9 atom stereocenters. The standard InChI is InChI=1S/C37H66O8/c1-27(38)16-13-14-18-30(39)19-15-21-32(41)34-23-25-36(45-34)35-24-22-33(44-35)31(40)20-12-10-8-6-4-3-5-7-9-11-17-29-26-28(2)43-37(29)42/h26-28,30-36,38-41H,3-25H2,1-2H3/t27?,28-,30?,31+,32-,33?,34+,35+,36?/m0/s1. The average Bonchev–Trinajstić information content (AvgIpc) is 3.76. The van der Waals surface area contributed by atoms with E-state index in [1.807, 2.05) is 13.0 Å². The van der Waals surface area contributed by atoms with E-state index in [4.69, 9.17) is 14.2 Å². The average molecular weight is 639 g/mol. The molecule has 4 N–H and O–H groups in total. The first kappa shape index (κ1) is 38.4. The van der Waals surface area contributed by atoms with Crippen LogP contribution in [0.15, 0.2) is 11.6 Å². The van der Waals surface area contributed by atoms with Gasteiger partial charge in [-0.25, -0.2) is 4.79 Å². The molecule has 8 heteroatoms. The van der Waals surface area contributed by atoms with Crippen LogP contribution in [0.3, 0.4) is 0 Å². The lowest BCUT2D eigenvalue weighted by molar-refractivity contribution is -0.139. The third-order valence-corrected chi connectivity index (χ3v) is 10.1. The van der Waals surface area contributed by atoms with Crippen molar-refractivity contribution in [3.8, 4) is 0 Å². The molecule has 0 radical (unpaired) electrons. The van der Waals surface area contributed by atoms with Crippen LogP contribution < -0.4 is 0 Å². The zero-order valence-corrected chi connectivity index (χ0v) is 28.5. The fourth-order valence-corrected chi connectivity index (χ4v) is 7.29. The highest BCUT2D eigenvalue weighted by atomic mass is 16.6. The lowest BCUT2D eigenvalue weighted by Gasteiger charge is -2.24. The number of cyclic esters (lactones) is 1. The van der Waals surface area contributed by atoms with Crippen molar-refractivity contribution in [1.29, 1.82) is 0 Å². The summed E-state index contributed by atoms with van der Waals surface area (Å²) in [5.41, 5.74) is 0.858. The molecule has 0 aromatic carbocycles. The second-order valence-electron chi connectivity index (χ2n) is 14.3. The quantitative estimate of drug-likeness (QED) is 0.0634. The molecule has 0 aromatic heterocycles. The number of carbonyl (C=O) groups excluding carboxylic acids is 1. The van der Waals surface area contributed by atoms with E-state index in [-0.39, 0.29) is 48.7 Å². The van der Waals surface area contributed by atoms with E-state index >= 15 is 0 Å². The Labute approximate surface area is 273 Å². The van der Waals surface area contributed by atoms with Crippen molar-refractivity contribution in [2.45, 2.75) is 216 Å². The minimum Gasteiger partial charge on any atom is -0.455 e. The summed E-state index contributed by atoms with van der Waals surface area (Å²) in [7, 11) is 0. The van der Waals surface area contributed by atoms with Crippen LogP contribution in [0.5, 0.6) is 0 Å². The highest BCUT2D eigenvalue weighted by Gasteiger charge is 2.40. The molecule has 0 spiro atoms. The number of hydrogen-bond acceptors (Lipinski definition) is 8. The van der Waals surface area contributed by atoms with Crippen molar-refractivity contribution in [3.63, 3.8) is 0 Å². The summed E-state index contributed by atoms with van der Waals surface area (Å²) in [5, 5.41) is 41.0. The summed E-state index contributed by atoms with van der Waals surface area (Å²) >= 11 is 0. The zero-order valence-electron chi connectivity index (χ0n) is 28.5. The van der Waals surface area contributed by atoms with Crippen LogP contribution in [-0.2, 0) is 19.0 Å². The molecule has 0 aromatic rings. The Bertz CT molecular complexity index is 831. The highest BCUT2D eigenvalue weighted by Crippen LogP contribution is 2.34. The molecule has 0 aliphatic carbocycles. The maximum atomic E-state index is 11.6. The molecule has 262 valence electrons. The maximum absolute atomic E-state index is 11.6. The SMILES string of the molecule is CC(O)CCCCC(O)CCC[C@H](O)[C@H]1CCC([C@H]2CCC([C@H](O)CCCCCCCCCCCCC3=C[C@H](C)OC3=O)O2)O1. The predicted octanol–water partition coefficient (Wildman–Crippen LogP) is 6.83. The molecule has 0 saturated carbocycles. The number of carbonyl (C=O) groups is 1. The summed E-state index contributed by atoms with van der Waals surface area (Å²) < 4.78 is 17.7. The van der Waals surface area contributed by atoms with Gasteiger partial charge in [0.1, 0.15) is 6.10 Å². The summed E-state index contributed by atoms with van der Waals surface area (Å²) in [4.78, 5) is 11.6. The Morgan fingerprint density at radius 2 is 1.11 bits per heavy atom. The topological polar surface area (TPSA) is 126 Å². The summed E-state index contributed by atoms with van der Waals surface area (Å²) in [6, 6.07) is 0. The summed E-state index contributed by atoms with van der Waals surface area (Å²) in [6.07, 6.45) is 22.6. The van der Waals surface area contributed by atoms with Crippen molar-refractivity contribution in [1.82, 2.24) is 0 Å². The normalized spacial score (nSPS) is 27.8. The van der Waals surface area contributed by atoms with Gasteiger partial charge in [-0.05, 0) is 97.0 Å². The van der Waals surface area contributed by atoms with Gasteiger partial charge >= 0.3 is 5.97 Å². The van der Waals surface area contributed by atoms with Crippen molar-refractivity contribution in [2.75, 3.05) is 0 Å². The van der Waals surface area contributed by atoms with Crippen molar-refractivity contribution in [2.24, 2.45) is 0 Å². The van der Waals surface area contributed by atoms with Crippen LogP contribution in [0.4, 0.5) is 0 Å². The van der Waals surface area contributed by atoms with E-state index in [2.05, 4.69) is 0 Å². The smallest absolute Gasteiger partial charge is 0.334 e. The van der Waals surface area contributed by atoms with Gasteiger partial charge in [0.05, 0.1) is 48.8 Å². The number of esters is 1. The van der Waals surface area contributed by atoms with Crippen LogP contribution in [-0.4, -0.2) is 81.3 Å². The molecule has 3 aliphatic rings. The number of rotatable bonds is 25. The largest absolute Gasteiger partial charge is 0.455 e. The lowest BCUT2D eigenvalue weighted by Crippen LogP contribution is -2.33. The fraction of sp³-hybridized carbons (Fsp3) is 0.919. The molecule has 3 heterocycles. The fourth-order valence-electron chi connectivity index (χ4n) is 7.29. The molecule has 2 saturated heterocycles. The molecule has 0 amide bonds. The Morgan fingerprint density at radius 1 is 0.644 bits per heavy atom. The molecular weight excluding hydrogens is 572 g/mol. The third kappa shape index (κ3) is 15.2. The second kappa shape index (κ2) is 21.8. The van der Waals surface area contributed by atoms with E-state index in [1.165, 1.54) is 44.9 Å². The molecule has 4 unspecified atom stereocenters. The first-order chi connectivity index (χ1) is 21.7. The zero-order chi connectivity index (χ0) is 32.4. The minimum atomic E-state index is -0.516. The van der Waals surface area contributed by atoms with Crippen LogP contribution in [0, 0.1) is 0 Å². The lowest BCUT2D eigenvalue weighted by atomic mass is 9.99. The molecular formula is C37H66O8. The van der Waals surface area contributed by atoms with Gasteiger partial charge in [0.25, 0.3) is 0 Å². The third-order valence-electron chi connectivity index (χ3n) is 10.1. The summed E-state index contributed by atoms with van der Waals surface area (Å²) in [5.74, 6) is -0.127. The molecule has 0 bridgehead atoms. The number of aliphatic hydroxyl groups is 4. The Balaban J connectivity index is 1.13. The van der Waals surface area contributed by atoms with Gasteiger partial charge in [-0.3, -0.25) is 0 Å². The van der Waals surface area contributed by atoms with Gasteiger partial charge < -0.3 is 34.6 Å². The summed E-state index contributed by atoms with van der Waals surface area (Å²) in [6.45, 7) is 3.70. The molecule has 3 rings (SSSR count). The van der Waals surface area contributed by atoms with Crippen LogP contribution in [0.1, 0.15) is 162 Å². The van der Waals surface area contributed by atoms with Crippen LogP contribution in [0.25, 0.3) is 0 Å². The van der Waals surface area contributed by atoms with Crippen molar-refractivity contribution >= 4 is 5.97 Å². The van der Waals surface area contributed by atoms with E-state index in [1.54, 1.807) is 6.92 Å². The van der Waals surface area contributed by atoms with Crippen molar-refractivity contribution in [3.05, 3.63) is 11.6 Å². The molecule has 3 aliphatic heterocycles. The number of ether oxygens (including phenoxy) is 3. The first-order valence-electron chi connectivity index (χ1n) is 18.7. The van der Waals surface area contributed by atoms with Gasteiger partial charge in [0.2, 0.25) is 0 Å². The Kier molecular flexibility index (Phi) is 18.6. The maximum Gasteiger partial charge on any atom is 0.334 e.